The second-order valence-corrected chi connectivity index (χ2v) is 7.25. The maximum Gasteiger partial charge on any atom is 0.0554 e. The molecule has 1 heterocycles. The average molecular weight is 332 g/mol. The molecule has 3 aromatic rings. The lowest BCUT2D eigenvalue weighted by Crippen LogP contribution is -2.29. The number of halogens is 1. The lowest BCUT2D eigenvalue weighted by molar-refractivity contribution is 0.426. The summed E-state index contributed by atoms with van der Waals surface area (Å²) >= 11 is 6.23. The Morgan fingerprint density at radius 1 is 0.917 bits per heavy atom. The van der Waals surface area contributed by atoms with E-state index < -0.39 is 0 Å². The number of hydrogen-bond acceptors (Lipinski definition) is 1. The second kappa shape index (κ2) is 5.39. The monoisotopic (exact) mass is 331 g/mol. The minimum Gasteiger partial charge on any atom is -0.378 e. The van der Waals surface area contributed by atoms with Crippen molar-refractivity contribution in [3.63, 3.8) is 0 Å². The summed E-state index contributed by atoms with van der Waals surface area (Å²) in [4.78, 5) is 0. The smallest absolute Gasteiger partial charge is 0.0554 e. The fraction of sp³-hybridized carbons (Fsp3) is 0.182. The van der Waals surface area contributed by atoms with Crippen LogP contribution in [-0.4, -0.2) is 0 Å². The number of benzene rings is 3. The van der Waals surface area contributed by atoms with Gasteiger partial charge in [0.05, 0.1) is 6.04 Å². The predicted octanol–water partition coefficient (Wildman–Crippen LogP) is 6.32. The molecular formula is C22H18ClN. The van der Waals surface area contributed by atoms with Crippen molar-refractivity contribution in [2.45, 2.75) is 18.4 Å². The lowest BCUT2D eigenvalue weighted by Gasteiger charge is -2.37. The SMILES string of the molecule is Clc1ccc2c(c1)C1C=CCC1C(c1ccc3ccccc3c1)N2. The number of hydrogen-bond donors (Lipinski definition) is 1. The van der Waals surface area contributed by atoms with Gasteiger partial charge in [0.25, 0.3) is 0 Å². The van der Waals surface area contributed by atoms with E-state index in [9.17, 15) is 0 Å². The van der Waals surface area contributed by atoms with Gasteiger partial charge in [-0.05, 0) is 58.5 Å². The Hall–Kier alpha value is -2.25. The molecule has 2 aliphatic rings. The van der Waals surface area contributed by atoms with Gasteiger partial charge in [0, 0.05) is 16.6 Å². The van der Waals surface area contributed by atoms with Gasteiger partial charge in [-0.25, -0.2) is 0 Å². The molecule has 1 aliphatic carbocycles. The maximum absolute atomic E-state index is 6.23. The Labute approximate surface area is 147 Å². The van der Waals surface area contributed by atoms with Gasteiger partial charge in [0.1, 0.15) is 0 Å². The molecule has 0 amide bonds. The summed E-state index contributed by atoms with van der Waals surface area (Å²) < 4.78 is 0. The van der Waals surface area contributed by atoms with Crippen LogP contribution in [0.3, 0.4) is 0 Å². The predicted molar refractivity (Wildman–Crippen MR) is 102 cm³/mol. The van der Waals surface area contributed by atoms with Crippen molar-refractivity contribution in [2.24, 2.45) is 5.92 Å². The van der Waals surface area contributed by atoms with E-state index in [1.807, 2.05) is 6.07 Å². The van der Waals surface area contributed by atoms with E-state index in [1.165, 1.54) is 27.6 Å². The van der Waals surface area contributed by atoms with Gasteiger partial charge >= 0.3 is 0 Å². The molecule has 3 atom stereocenters. The Balaban J connectivity index is 1.61. The molecule has 0 bridgehead atoms. The Bertz CT molecular complexity index is 959. The maximum atomic E-state index is 6.23. The first-order chi connectivity index (χ1) is 11.8. The topological polar surface area (TPSA) is 12.0 Å². The summed E-state index contributed by atoms with van der Waals surface area (Å²) in [7, 11) is 0. The molecule has 3 aromatic carbocycles. The average Bonchev–Trinajstić information content (AvgIpc) is 3.11. The van der Waals surface area contributed by atoms with E-state index in [-0.39, 0.29) is 0 Å². The fourth-order valence-corrected chi connectivity index (χ4v) is 4.48. The molecule has 24 heavy (non-hydrogen) atoms. The molecule has 1 N–H and O–H groups in total. The number of nitrogens with one attached hydrogen (secondary N) is 1. The Kier molecular flexibility index (Phi) is 3.17. The van der Waals surface area contributed by atoms with Crippen LogP contribution in [0.25, 0.3) is 10.8 Å². The minimum atomic E-state index is 0.336. The van der Waals surface area contributed by atoms with Crippen molar-refractivity contribution in [1.29, 1.82) is 0 Å². The van der Waals surface area contributed by atoms with Crippen LogP contribution < -0.4 is 5.32 Å². The van der Waals surface area contributed by atoms with Crippen LogP contribution in [-0.2, 0) is 0 Å². The molecule has 1 nitrogen and oxygen atoms in total. The number of fused-ring (bicyclic) bond motifs is 4. The van der Waals surface area contributed by atoms with Gasteiger partial charge in [-0.2, -0.15) is 0 Å². The van der Waals surface area contributed by atoms with E-state index in [2.05, 4.69) is 72.1 Å². The normalized spacial score (nSPS) is 24.5. The third kappa shape index (κ3) is 2.16. The van der Waals surface area contributed by atoms with Crippen molar-refractivity contribution in [3.05, 3.63) is 89.0 Å². The van der Waals surface area contributed by atoms with Gasteiger partial charge in [-0.1, -0.05) is 60.2 Å². The van der Waals surface area contributed by atoms with Crippen LogP contribution in [0.15, 0.2) is 72.8 Å². The number of anilines is 1. The van der Waals surface area contributed by atoms with Crippen molar-refractivity contribution < 1.29 is 0 Å². The molecule has 0 saturated heterocycles. The van der Waals surface area contributed by atoms with Gasteiger partial charge in [0.15, 0.2) is 0 Å². The summed E-state index contributed by atoms with van der Waals surface area (Å²) in [5, 5.41) is 7.20. The van der Waals surface area contributed by atoms with Gasteiger partial charge < -0.3 is 5.32 Å². The van der Waals surface area contributed by atoms with Crippen LogP contribution in [0.1, 0.15) is 29.5 Å². The summed E-state index contributed by atoms with van der Waals surface area (Å²) in [5.41, 5.74) is 3.91. The first-order valence-electron chi connectivity index (χ1n) is 8.51. The van der Waals surface area contributed by atoms with E-state index in [1.54, 1.807) is 0 Å². The van der Waals surface area contributed by atoms with Crippen LogP contribution >= 0.6 is 11.6 Å². The van der Waals surface area contributed by atoms with Gasteiger partial charge in [-0.15, -0.1) is 0 Å². The Morgan fingerprint density at radius 3 is 2.71 bits per heavy atom. The standard InChI is InChI=1S/C22H18ClN/c23-17-10-11-21-20(13-17)18-6-3-7-19(18)22(24-21)16-9-8-14-4-1-2-5-15(14)12-16/h1-6,8-13,18-19,22,24H,7H2. The van der Waals surface area contributed by atoms with Crippen molar-refractivity contribution in [1.82, 2.24) is 0 Å². The summed E-state index contributed by atoms with van der Waals surface area (Å²) in [6, 6.07) is 22.0. The third-order valence-corrected chi connectivity index (χ3v) is 5.69. The molecule has 5 rings (SSSR count). The van der Waals surface area contributed by atoms with E-state index >= 15 is 0 Å². The highest BCUT2D eigenvalue weighted by Crippen LogP contribution is 2.50. The van der Waals surface area contributed by atoms with Gasteiger partial charge in [-0.3, -0.25) is 0 Å². The zero-order valence-corrected chi connectivity index (χ0v) is 14.0. The second-order valence-electron chi connectivity index (χ2n) is 6.81. The fourth-order valence-electron chi connectivity index (χ4n) is 4.30. The highest BCUT2D eigenvalue weighted by molar-refractivity contribution is 6.30. The number of allylic oxidation sites excluding steroid dienone is 2. The van der Waals surface area contributed by atoms with Gasteiger partial charge in [0.2, 0.25) is 0 Å². The van der Waals surface area contributed by atoms with E-state index in [0.717, 1.165) is 11.4 Å². The molecule has 0 fully saturated rings. The molecule has 3 unspecified atom stereocenters. The van der Waals surface area contributed by atoms with Crippen molar-refractivity contribution >= 4 is 28.1 Å². The first-order valence-corrected chi connectivity index (χ1v) is 8.89. The zero-order valence-electron chi connectivity index (χ0n) is 13.2. The molecule has 0 radical (unpaired) electrons. The molecule has 118 valence electrons. The van der Waals surface area contributed by atoms with E-state index in [4.69, 9.17) is 11.6 Å². The zero-order chi connectivity index (χ0) is 16.1. The molecule has 2 heteroatoms. The van der Waals surface area contributed by atoms with Crippen LogP contribution in [0, 0.1) is 5.92 Å². The van der Waals surface area contributed by atoms with Crippen molar-refractivity contribution in [3.8, 4) is 0 Å². The summed E-state index contributed by atoms with van der Waals surface area (Å²) in [6.07, 6.45) is 5.79. The molecule has 0 spiro atoms. The van der Waals surface area contributed by atoms with Crippen LogP contribution in [0.4, 0.5) is 5.69 Å². The number of rotatable bonds is 1. The highest BCUT2D eigenvalue weighted by Gasteiger charge is 2.37. The third-order valence-electron chi connectivity index (χ3n) is 5.46. The Morgan fingerprint density at radius 2 is 1.79 bits per heavy atom. The minimum absolute atomic E-state index is 0.336. The molecular weight excluding hydrogens is 314 g/mol. The highest BCUT2D eigenvalue weighted by atomic mass is 35.5. The molecule has 0 aromatic heterocycles. The van der Waals surface area contributed by atoms with Crippen molar-refractivity contribution in [2.75, 3.05) is 5.32 Å². The first kappa shape index (κ1) is 14.1. The largest absolute Gasteiger partial charge is 0.378 e. The quantitative estimate of drug-likeness (QED) is 0.514. The van der Waals surface area contributed by atoms with Crippen LogP contribution in [0.2, 0.25) is 5.02 Å². The summed E-state index contributed by atoms with van der Waals surface area (Å²) in [6.45, 7) is 0. The molecule has 1 aliphatic heterocycles. The molecule has 0 saturated carbocycles. The van der Waals surface area contributed by atoms with Crippen LogP contribution in [0.5, 0.6) is 0 Å². The van der Waals surface area contributed by atoms with E-state index in [0.29, 0.717) is 17.9 Å². The summed E-state index contributed by atoms with van der Waals surface area (Å²) in [5.74, 6) is 1.01. The lowest BCUT2D eigenvalue weighted by atomic mass is 9.77.